The molecule has 0 unspecified atom stereocenters. The van der Waals surface area contributed by atoms with Crippen molar-refractivity contribution in [3.8, 4) is 16.9 Å². The van der Waals surface area contributed by atoms with Gasteiger partial charge in [-0.15, -0.1) is 11.3 Å². The molecule has 0 saturated carbocycles. The number of thiazole rings is 1. The third-order valence-electron chi connectivity index (χ3n) is 6.21. The van der Waals surface area contributed by atoms with Crippen LogP contribution in [0.3, 0.4) is 0 Å². The smallest absolute Gasteiger partial charge is 0.254 e. The lowest BCUT2D eigenvalue weighted by Crippen LogP contribution is -2.29. The quantitative estimate of drug-likeness (QED) is 0.237. The molecule has 8 heteroatoms. The topological polar surface area (TPSA) is 83.6 Å². The first-order valence-corrected chi connectivity index (χ1v) is 13.8. The molecular formula is C31H34N4O3S. The molecule has 0 fully saturated rings. The number of hydrogen-bond donors (Lipinski definition) is 2. The number of hydrogen-bond acceptors (Lipinski definition) is 6. The Morgan fingerprint density at radius 2 is 1.74 bits per heavy atom. The van der Waals surface area contributed by atoms with Gasteiger partial charge in [0.25, 0.3) is 11.8 Å². The highest BCUT2D eigenvalue weighted by atomic mass is 32.1. The van der Waals surface area contributed by atoms with Crippen molar-refractivity contribution in [1.82, 2.24) is 20.5 Å². The van der Waals surface area contributed by atoms with E-state index in [4.69, 9.17) is 4.74 Å². The second kappa shape index (κ2) is 13.7. The molecule has 0 bridgehead atoms. The van der Waals surface area contributed by atoms with E-state index in [1.165, 1.54) is 11.3 Å². The molecule has 0 saturated heterocycles. The standard InChI is InChI=1S/C31H34N4O3S/c1-22-21-39-29(34-22)20-35(2)31(37)27-17-25(24-10-5-4-6-11-24)16-26(18-27)30(36)33-14-8-13-32-19-23-9-7-12-28(15-23)38-3/h4-7,9-12,15-18,21,32H,8,13-14,19-20H2,1-3H3,(H,33,36). The molecule has 1 heterocycles. The summed E-state index contributed by atoms with van der Waals surface area (Å²) in [5.74, 6) is 0.478. The summed E-state index contributed by atoms with van der Waals surface area (Å²) in [6.07, 6.45) is 0.774. The average Bonchev–Trinajstić information content (AvgIpc) is 3.38. The van der Waals surface area contributed by atoms with Gasteiger partial charge in [-0.25, -0.2) is 4.98 Å². The van der Waals surface area contributed by atoms with Gasteiger partial charge in [0, 0.05) is 42.3 Å². The van der Waals surface area contributed by atoms with E-state index < -0.39 is 0 Å². The molecular weight excluding hydrogens is 508 g/mol. The number of ether oxygens (including phenoxy) is 1. The van der Waals surface area contributed by atoms with E-state index >= 15 is 0 Å². The minimum atomic E-state index is -0.201. The largest absolute Gasteiger partial charge is 0.497 e. The first-order valence-electron chi connectivity index (χ1n) is 12.9. The van der Waals surface area contributed by atoms with Crippen LogP contribution in [0.1, 0.15) is 43.4 Å². The molecule has 7 nitrogen and oxygen atoms in total. The van der Waals surface area contributed by atoms with Gasteiger partial charge in [0.05, 0.1) is 13.7 Å². The Labute approximate surface area is 233 Å². The Bertz CT molecular complexity index is 1400. The molecule has 3 aromatic carbocycles. The first-order chi connectivity index (χ1) is 18.9. The molecule has 4 rings (SSSR count). The molecule has 0 spiro atoms. The molecule has 0 aliphatic rings. The minimum absolute atomic E-state index is 0.156. The predicted molar refractivity (Wildman–Crippen MR) is 156 cm³/mol. The number of carbonyl (C=O) groups is 2. The summed E-state index contributed by atoms with van der Waals surface area (Å²) >= 11 is 1.53. The summed E-state index contributed by atoms with van der Waals surface area (Å²) in [6.45, 7) is 4.35. The number of aromatic nitrogens is 1. The average molecular weight is 543 g/mol. The summed E-state index contributed by atoms with van der Waals surface area (Å²) in [6, 6.07) is 23.1. The Kier molecular flexibility index (Phi) is 9.83. The Balaban J connectivity index is 1.39. The van der Waals surface area contributed by atoms with Crippen LogP contribution in [0.4, 0.5) is 0 Å². The zero-order valence-corrected chi connectivity index (χ0v) is 23.4. The van der Waals surface area contributed by atoms with Gasteiger partial charge in [0.15, 0.2) is 0 Å². The summed E-state index contributed by atoms with van der Waals surface area (Å²) < 4.78 is 5.27. The highest BCUT2D eigenvalue weighted by Crippen LogP contribution is 2.24. The third-order valence-corrected chi connectivity index (χ3v) is 7.17. The highest BCUT2D eigenvalue weighted by Gasteiger charge is 2.18. The van der Waals surface area contributed by atoms with Crippen molar-refractivity contribution in [2.45, 2.75) is 26.4 Å². The molecule has 2 N–H and O–H groups in total. The number of carbonyl (C=O) groups excluding carboxylic acids is 2. The van der Waals surface area contributed by atoms with Crippen LogP contribution in [0.25, 0.3) is 11.1 Å². The fraction of sp³-hybridized carbons (Fsp3) is 0.258. The van der Waals surface area contributed by atoms with Crippen LogP contribution in [0.5, 0.6) is 5.75 Å². The number of methoxy groups -OCH3 is 1. The van der Waals surface area contributed by atoms with E-state index in [-0.39, 0.29) is 11.8 Å². The van der Waals surface area contributed by atoms with Gasteiger partial charge in [-0.05, 0) is 66.9 Å². The molecule has 202 valence electrons. The van der Waals surface area contributed by atoms with Gasteiger partial charge in [-0.3, -0.25) is 9.59 Å². The van der Waals surface area contributed by atoms with E-state index in [9.17, 15) is 9.59 Å². The van der Waals surface area contributed by atoms with Crippen molar-refractivity contribution in [2.75, 3.05) is 27.2 Å². The number of nitrogens with one attached hydrogen (secondary N) is 2. The zero-order valence-electron chi connectivity index (χ0n) is 22.6. The van der Waals surface area contributed by atoms with E-state index in [1.54, 1.807) is 25.1 Å². The third kappa shape index (κ3) is 7.99. The van der Waals surface area contributed by atoms with Crippen LogP contribution >= 0.6 is 11.3 Å². The van der Waals surface area contributed by atoms with E-state index in [2.05, 4.69) is 15.6 Å². The molecule has 4 aromatic rings. The van der Waals surface area contributed by atoms with E-state index in [0.717, 1.165) is 52.7 Å². The maximum absolute atomic E-state index is 13.4. The Hall–Kier alpha value is -4.01. The fourth-order valence-electron chi connectivity index (χ4n) is 4.18. The second-order valence-corrected chi connectivity index (χ2v) is 10.3. The highest BCUT2D eigenvalue weighted by molar-refractivity contribution is 7.09. The van der Waals surface area contributed by atoms with Crippen LogP contribution in [0.2, 0.25) is 0 Å². The van der Waals surface area contributed by atoms with Crippen LogP contribution in [-0.2, 0) is 13.1 Å². The number of aryl methyl sites for hydroxylation is 1. The molecule has 0 aliphatic carbocycles. The van der Waals surface area contributed by atoms with E-state index in [1.807, 2.05) is 79.0 Å². The van der Waals surface area contributed by atoms with Crippen molar-refractivity contribution in [2.24, 2.45) is 0 Å². The lowest BCUT2D eigenvalue weighted by molar-refractivity contribution is 0.0785. The second-order valence-electron chi connectivity index (χ2n) is 9.35. The maximum Gasteiger partial charge on any atom is 0.254 e. The van der Waals surface area contributed by atoms with Gasteiger partial charge in [-0.2, -0.15) is 0 Å². The Morgan fingerprint density at radius 1 is 0.949 bits per heavy atom. The van der Waals surface area contributed by atoms with Gasteiger partial charge in [-0.1, -0.05) is 42.5 Å². The van der Waals surface area contributed by atoms with Gasteiger partial charge >= 0.3 is 0 Å². The summed E-state index contributed by atoms with van der Waals surface area (Å²) in [5.41, 5.74) is 4.78. The number of benzene rings is 3. The molecule has 2 amide bonds. The van der Waals surface area contributed by atoms with E-state index in [0.29, 0.717) is 24.2 Å². The normalized spacial score (nSPS) is 10.7. The minimum Gasteiger partial charge on any atom is -0.497 e. The maximum atomic E-state index is 13.4. The first kappa shape index (κ1) is 28.0. The monoisotopic (exact) mass is 542 g/mol. The van der Waals surface area contributed by atoms with Gasteiger partial charge in [0.1, 0.15) is 10.8 Å². The number of amides is 2. The molecule has 1 aromatic heterocycles. The lowest BCUT2D eigenvalue weighted by Gasteiger charge is -2.17. The SMILES string of the molecule is COc1cccc(CNCCCNC(=O)c2cc(C(=O)N(C)Cc3nc(C)cs3)cc(-c3ccccc3)c2)c1. The van der Waals surface area contributed by atoms with Crippen molar-refractivity contribution in [3.63, 3.8) is 0 Å². The molecule has 39 heavy (non-hydrogen) atoms. The molecule has 0 aliphatic heterocycles. The van der Waals surface area contributed by atoms with Crippen molar-refractivity contribution in [3.05, 3.63) is 106 Å². The van der Waals surface area contributed by atoms with Gasteiger partial charge in [0.2, 0.25) is 0 Å². The lowest BCUT2D eigenvalue weighted by atomic mass is 9.98. The van der Waals surface area contributed by atoms with Crippen LogP contribution in [0, 0.1) is 6.92 Å². The van der Waals surface area contributed by atoms with Gasteiger partial charge < -0.3 is 20.3 Å². The van der Waals surface area contributed by atoms with Crippen LogP contribution in [-0.4, -0.2) is 48.9 Å². The molecule has 0 atom stereocenters. The van der Waals surface area contributed by atoms with Crippen molar-refractivity contribution in [1.29, 1.82) is 0 Å². The van der Waals surface area contributed by atoms with Crippen molar-refractivity contribution >= 4 is 23.2 Å². The molecule has 0 radical (unpaired) electrons. The fourth-order valence-corrected chi connectivity index (χ4v) is 5.01. The summed E-state index contributed by atoms with van der Waals surface area (Å²) in [7, 11) is 3.41. The van der Waals surface area contributed by atoms with Crippen molar-refractivity contribution < 1.29 is 14.3 Å². The van der Waals surface area contributed by atoms with Crippen LogP contribution < -0.4 is 15.4 Å². The zero-order chi connectivity index (χ0) is 27.6. The summed E-state index contributed by atoms with van der Waals surface area (Å²) in [4.78, 5) is 32.6. The Morgan fingerprint density at radius 3 is 2.49 bits per heavy atom. The predicted octanol–water partition coefficient (Wildman–Crippen LogP) is 5.31. The summed E-state index contributed by atoms with van der Waals surface area (Å²) in [5, 5.41) is 9.24. The van der Waals surface area contributed by atoms with Crippen LogP contribution in [0.15, 0.2) is 78.2 Å². The number of nitrogens with zero attached hydrogens (tertiary/aromatic N) is 2. The number of rotatable bonds is 12.